The minimum atomic E-state index is -0.205. The van der Waals surface area contributed by atoms with Gasteiger partial charge in [0, 0.05) is 22.8 Å². The van der Waals surface area contributed by atoms with E-state index in [1.165, 1.54) is 16.9 Å². The zero-order valence-corrected chi connectivity index (χ0v) is 12.8. The number of carbonyl (C=O) groups is 1. The van der Waals surface area contributed by atoms with Gasteiger partial charge in [-0.2, -0.15) is 0 Å². The number of aryl methyl sites for hydroxylation is 1. The molecule has 5 heteroatoms. The number of aromatic nitrogens is 2. The lowest BCUT2D eigenvalue weighted by Gasteiger charge is -2.01. The SMILES string of the molecule is CCOC(=O)Cc1csc2nc(-c3ccccc3C)cn12. The zero-order chi connectivity index (χ0) is 14.8. The number of hydrogen-bond donors (Lipinski definition) is 0. The van der Waals surface area contributed by atoms with Crippen LogP contribution >= 0.6 is 11.3 Å². The number of nitrogens with zero attached hydrogens (tertiary/aromatic N) is 2. The molecule has 0 atom stereocenters. The molecule has 0 spiro atoms. The number of hydrogen-bond acceptors (Lipinski definition) is 4. The molecule has 0 aliphatic rings. The molecule has 0 saturated heterocycles. The van der Waals surface area contributed by atoms with E-state index in [2.05, 4.69) is 24.0 Å². The van der Waals surface area contributed by atoms with E-state index in [0.29, 0.717) is 6.61 Å². The smallest absolute Gasteiger partial charge is 0.311 e. The predicted octanol–water partition coefficient (Wildman–Crippen LogP) is 3.48. The Labute approximate surface area is 127 Å². The molecule has 2 heterocycles. The average Bonchev–Trinajstić information content (AvgIpc) is 3.02. The summed E-state index contributed by atoms with van der Waals surface area (Å²) >= 11 is 1.54. The fourth-order valence-corrected chi connectivity index (χ4v) is 3.18. The molecule has 21 heavy (non-hydrogen) atoms. The summed E-state index contributed by atoms with van der Waals surface area (Å²) in [6.07, 6.45) is 2.26. The van der Waals surface area contributed by atoms with E-state index in [1.807, 2.05) is 35.0 Å². The normalized spacial score (nSPS) is 11.0. The molecule has 3 rings (SSSR count). The highest BCUT2D eigenvalue weighted by molar-refractivity contribution is 7.15. The summed E-state index contributed by atoms with van der Waals surface area (Å²) in [6.45, 7) is 4.29. The minimum absolute atomic E-state index is 0.205. The van der Waals surface area contributed by atoms with Crippen molar-refractivity contribution in [2.45, 2.75) is 20.3 Å². The van der Waals surface area contributed by atoms with Gasteiger partial charge in [-0.25, -0.2) is 4.98 Å². The maximum Gasteiger partial charge on any atom is 0.311 e. The molecule has 0 unspecified atom stereocenters. The second-order valence-electron chi connectivity index (χ2n) is 4.80. The van der Waals surface area contributed by atoms with Crippen LogP contribution in [0.15, 0.2) is 35.8 Å². The molecule has 0 N–H and O–H groups in total. The Morgan fingerprint density at radius 1 is 1.38 bits per heavy atom. The molecule has 0 radical (unpaired) electrons. The summed E-state index contributed by atoms with van der Waals surface area (Å²) in [5.74, 6) is -0.205. The number of fused-ring (bicyclic) bond motifs is 1. The summed E-state index contributed by atoms with van der Waals surface area (Å²) in [5, 5.41) is 1.96. The molecule has 0 aliphatic carbocycles. The van der Waals surface area contributed by atoms with E-state index in [0.717, 1.165) is 21.9 Å². The Kier molecular flexibility index (Phi) is 3.75. The number of thiazole rings is 1. The predicted molar refractivity (Wildman–Crippen MR) is 83.6 cm³/mol. The van der Waals surface area contributed by atoms with E-state index in [9.17, 15) is 4.79 Å². The van der Waals surface area contributed by atoms with Crippen LogP contribution in [0.2, 0.25) is 0 Å². The number of ether oxygens (including phenoxy) is 1. The van der Waals surface area contributed by atoms with Crippen molar-refractivity contribution in [3.63, 3.8) is 0 Å². The van der Waals surface area contributed by atoms with Crippen LogP contribution in [0.4, 0.5) is 0 Å². The molecule has 0 aliphatic heterocycles. The quantitative estimate of drug-likeness (QED) is 0.693. The first-order chi connectivity index (χ1) is 10.2. The van der Waals surface area contributed by atoms with E-state index >= 15 is 0 Å². The van der Waals surface area contributed by atoms with Gasteiger partial charge in [0.05, 0.1) is 18.7 Å². The fraction of sp³-hybridized carbons (Fsp3) is 0.250. The second kappa shape index (κ2) is 5.69. The highest BCUT2D eigenvalue weighted by Gasteiger charge is 2.13. The Balaban J connectivity index is 1.96. The first kappa shape index (κ1) is 13.8. The molecular formula is C16H16N2O2S. The van der Waals surface area contributed by atoms with Crippen LogP contribution < -0.4 is 0 Å². The molecule has 4 nitrogen and oxygen atoms in total. The van der Waals surface area contributed by atoms with Crippen molar-refractivity contribution in [2.24, 2.45) is 0 Å². The molecule has 0 saturated carbocycles. The highest BCUT2D eigenvalue weighted by atomic mass is 32.1. The van der Waals surface area contributed by atoms with Crippen LogP contribution in [0.5, 0.6) is 0 Å². The lowest BCUT2D eigenvalue weighted by atomic mass is 10.1. The van der Waals surface area contributed by atoms with E-state index in [1.54, 1.807) is 0 Å². The maximum absolute atomic E-state index is 11.6. The van der Waals surface area contributed by atoms with Crippen molar-refractivity contribution in [3.05, 3.63) is 47.1 Å². The van der Waals surface area contributed by atoms with Gasteiger partial charge in [-0.05, 0) is 19.4 Å². The van der Waals surface area contributed by atoms with Gasteiger partial charge >= 0.3 is 5.97 Å². The van der Waals surface area contributed by atoms with Crippen LogP contribution in [-0.2, 0) is 16.0 Å². The van der Waals surface area contributed by atoms with Gasteiger partial charge in [0.2, 0.25) is 0 Å². The number of benzene rings is 1. The number of rotatable bonds is 4. The molecule has 0 fully saturated rings. The van der Waals surface area contributed by atoms with Crippen molar-refractivity contribution in [2.75, 3.05) is 6.61 Å². The van der Waals surface area contributed by atoms with Crippen LogP contribution in [0.3, 0.4) is 0 Å². The summed E-state index contributed by atoms with van der Waals surface area (Å²) in [4.78, 5) is 17.2. The van der Waals surface area contributed by atoms with Crippen molar-refractivity contribution < 1.29 is 9.53 Å². The zero-order valence-electron chi connectivity index (χ0n) is 12.0. The van der Waals surface area contributed by atoms with E-state index in [4.69, 9.17) is 4.74 Å². The van der Waals surface area contributed by atoms with Crippen LogP contribution in [0, 0.1) is 6.92 Å². The van der Waals surface area contributed by atoms with Gasteiger partial charge in [0.1, 0.15) is 0 Å². The highest BCUT2D eigenvalue weighted by Crippen LogP contribution is 2.26. The van der Waals surface area contributed by atoms with Crippen molar-refractivity contribution in [3.8, 4) is 11.3 Å². The maximum atomic E-state index is 11.6. The van der Waals surface area contributed by atoms with Gasteiger partial charge < -0.3 is 4.74 Å². The third-order valence-electron chi connectivity index (χ3n) is 3.34. The van der Waals surface area contributed by atoms with E-state index in [-0.39, 0.29) is 12.4 Å². The summed E-state index contributed by atoms with van der Waals surface area (Å²) in [6, 6.07) is 8.16. The third-order valence-corrected chi connectivity index (χ3v) is 4.22. The van der Waals surface area contributed by atoms with Crippen molar-refractivity contribution in [1.82, 2.24) is 9.38 Å². The first-order valence-electron chi connectivity index (χ1n) is 6.86. The van der Waals surface area contributed by atoms with Gasteiger partial charge in [0.15, 0.2) is 4.96 Å². The number of esters is 1. The molecule has 2 aromatic heterocycles. The van der Waals surface area contributed by atoms with Crippen molar-refractivity contribution >= 4 is 22.3 Å². The van der Waals surface area contributed by atoms with Crippen molar-refractivity contribution in [1.29, 1.82) is 0 Å². The number of carbonyl (C=O) groups excluding carboxylic acids is 1. The van der Waals surface area contributed by atoms with Crippen LogP contribution in [0.25, 0.3) is 16.2 Å². The molecule has 0 bridgehead atoms. The molecule has 0 amide bonds. The lowest BCUT2D eigenvalue weighted by molar-refractivity contribution is -0.142. The Bertz CT molecular complexity index is 789. The Morgan fingerprint density at radius 3 is 2.95 bits per heavy atom. The fourth-order valence-electron chi connectivity index (χ4n) is 2.31. The average molecular weight is 300 g/mol. The van der Waals surface area contributed by atoms with Crippen LogP contribution in [0.1, 0.15) is 18.2 Å². The lowest BCUT2D eigenvalue weighted by Crippen LogP contribution is -2.08. The molecular weight excluding hydrogens is 284 g/mol. The monoisotopic (exact) mass is 300 g/mol. The number of imidazole rings is 1. The summed E-state index contributed by atoms with van der Waals surface area (Å²) in [5.41, 5.74) is 4.16. The molecule has 1 aromatic carbocycles. The molecule has 3 aromatic rings. The van der Waals surface area contributed by atoms with Gasteiger partial charge in [0.25, 0.3) is 0 Å². The second-order valence-corrected chi connectivity index (χ2v) is 5.64. The van der Waals surface area contributed by atoms with E-state index < -0.39 is 0 Å². The first-order valence-corrected chi connectivity index (χ1v) is 7.74. The minimum Gasteiger partial charge on any atom is -0.466 e. The summed E-state index contributed by atoms with van der Waals surface area (Å²) < 4.78 is 6.98. The van der Waals surface area contributed by atoms with Gasteiger partial charge in [-0.3, -0.25) is 9.20 Å². The van der Waals surface area contributed by atoms with Crippen LogP contribution in [-0.4, -0.2) is 22.0 Å². The largest absolute Gasteiger partial charge is 0.466 e. The Morgan fingerprint density at radius 2 is 2.19 bits per heavy atom. The Hall–Kier alpha value is -2.14. The van der Waals surface area contributed by atoms with Gasteiger partial charge in [-0.15, -0.1) is 11.3 Å². The molecule has 108 valence electrons. The topological polar surface area (TPSA) is 43.6 Å². The third kappa shape index (κ3) is 2.69. The standard InChI is InChI=1S/C16H16N2O2S/c1-3-20-15(19)8-12-10-21-16-17-14(9-18(12)16)13-7-5-4-6-11(13)2/h4-7,9-10H,3,8H2,1-2H3. The van der Waals surface area contributed by atoms with Gasteiger partial charge in [-0.1, -0.05) is 24.3 Å². The summed E-state index contributed by atoms with van der Waals surface area (Å²) in [7, 11) is 0.